The van der Waals surface area contributed by atoms with Crippen LogP contribution in [0.4, 0.5) is 8.78 Å². The standard InChI is InChI=1S/C12H8F2O2S/c13-8-3-1-4-10(12(8)14)16-7-9(15)11-5-2-6-17-11/h1-6H,7H2. The van der Waals surface area contributed by atoms with Crippen LogP contribution in [0.1, 0.15) is 9.67 Å². The zero-order valence-electron chi connectivity index (χ0n) is 8.65. The van der Waals surface area contributed by atoms with E-state index in [1.54, 1.807) is 17.5 Å². The number of rotatable bonds is 4. The second-order valence-electron chi connectivity index (χ2n) is 3.24. The summed E-state index contributed by atoms with van der Waals surface area (Å²) in [7, 11) is 0. The summed E-state index contributed by atoms with van der Waals surface area (Å²) in [6.07, 6.45) is 0. The highest BCUT2D eigenvalue weighted by molar-refractivity contribution is 7.12. The summed E-state index contributed by atoms with van der Waals surface area (Å²) < 4.78 is 31.0. The minimum Gasteiger partial charge on any atom is -0.482 e. The Bertz CT molecular complexity index is 523. The van der Waals surface area contributed by atoms with E-state index in [-0.39, 0.29) is 18.1 Å². The molecule has 0 saturated carbocycles. The second-order valence-corrected chi connectivity index (χ2v) is 4.19. The van der Waals surface area contributed by atoms with E-state index in [0.29, 0.717) is 4.88 Å². The highest BCUT2D eigenvalue weighted by atomic mass is 32.1. The van der Waals surface area contributed by atoms with Crippen molar-refractivity contribution >= 4 is 17.1 Å². The predicted molar refractivity (Wildman–Crippen MR) is 60.5 cm³/mol. The number of benzene rings is 1. The molecule has 0 amide bonds. The van der Waals surface area contributed by atoms with E-state index in [1.165, 1.54) is 23.5 Å². The second kappa shape index (κ2) is 5.05. The molecule has 0 unspecified atom stereocenters. The van der Waals surface area contributed by atoms with Crippen molar-refractivity contribution in [1.29, 1.82) is 0 Å². The third kappa shape index (κ3) is 2.68. The summed E-state index contributed by atoms with van der Waals surface area (Å²) >= 11 is 1.28. The summed E-state index contributed by atoms with van der Waals surface area (Å²) in [4.78, 5) is 12.1. The first kappa shape index (κ1) is 11.7. The SMILES string of the molecule is O=C(COc1cccc(F)c1F)c1cccs1. The molecule has 0 aliphatic heterocycles. The van der Waals surface area contributed by atoms with Crippen LogP contribution in [0.2, 0.25) is 0 Å². The van der Waals surface area contributed by atoms with Crippen molar-refractivity contribution in [2.24, 2.45) is 0 Å². The fourth-order valence-corrected chi connectivity index (χ4v) is 1.90. The van der Waals surface area contributed by atoms with Gasteiger partial charge in [-0.25, -0.2) is 4.39 Å². The van der Waals surface area contributed by atoms with Gasteiger partial charge in [0.2, 0.25) is 11.6 Å². The molecule has 0 aliphatic carbocycles. The topological polar surface area (TPSA) is 26.3 Å². The van der Waals surface area contributed by atoms with Crippen molar-refractivity contribution in [3.05, 3.63) is 52.2 Å². The molecule has 0 aliphatic rings. The first-order valence-electron chi connectivity index (χ1n) is 4.82. The third-order valence-corrected chi connectivity index (χ3v) is 2.98. The zero-order chi connectivity index (χ0) is 12.3. The van der Waals surface area contributed by atoms with Crippen LogP contribution in [0.25, 0.3) is 0 Å². The molecule has 0 atom stereocenters. The number of halogens is 2. The van der Waals surface area contributed by atoms with Gasteiger partial charge in [0.15, 0.2) is 18.2 Å². The maximum atomic E-state index is 13.2. The molecule has 0 radical (unpaired) electrons. The molecule has 0 N–H and O–H groups in total. The van der Waals surface area contributed by atoms with Gasteiger partial charge in [0, 0.05) is 0 Å². The minimum atomic E-state index is -1.08. The number of carbonyl (C=O) groups excluding carboxylic acids is 1. The molecule has 17 heavy (non-hydrogen) atoms. The van der Waals surface area contributed by atoms with E-state index >= 15 is 0 Å². The Hall–Kier alpha value is -1.75. The maximum Gasteiger partial charge on any atom is 0.210 e. The van der Waals surface area contributed by atoms with E-state index in [9.17, 15) is 13.6 Å². The molecule has 0 fully saturated rings. The fraction of sp³-hybridized carbons (Fsp3) is 0.0833. The lowest BCUT2D eigenvalue weighted by Crippen LogP contribution is -2.11. The van der Waals surface area contributed by atoms with Crippen LogP contribution in [-0.2, 0) is 0 Å². The lowest BCUT2D eigenvalue weighted by atomic mass is 10.3. The average molecular weight is 254 g/mol. The van der Waals surface area contributed by atoms with Gasteiger partial charge in [-0.2, -0.15) is 4.39 Å². The molecular formula is C12H8F2O2S. The molecule has 2 aromatic rings. The molecule has 2 rings (SSSR count). The van der Waals surface area contributed by atoms with Crippen LogP contribution < -0.4 is 4.74 Å². The van der Waals surface area contributed by atoms with Crippen molar-refractivity contribution in [1.82, 2.24) is 0 Å². The van der Waals surface area contributed by atoms with Crippen molar-refractivity contribution in [2.75, 3.05) is 6.61 Å². The van der Waals surface area contributed by atoms with Crippen LogP contribution in [-0.4, -0.2) is 12.4 Å². The zero-order valence-corrected chi connectivity index (χ0v) is 9.47. The summed E-state index contributed by atoms with van der Waals surface area (Å²) in [6.45, 7) is -0.305. The first-order chi connectivity index (χ1) is 8.18. The molecule has 1 aromatic carbocycles. The largest absolute Gasteiger partial charge is 0.482 e. The van der Waals surface area contributed by atoms with Gasteiger partial charge >= 0.3 is 0 Å². The predicted octanol–water partition coefficient (Wildman–Crippen LogP) is 3.29. The molecule has 1 heterocycles. The molecule has 88 valence electrons. The van der Waals surface area contributed by atoms with Crippen LogP contribution in [0.15, 0.2) is 35.7 Å². The maximum absolute atomic E-state index is 13.2. The Balaban J connectivity index is 2.03. The highest BCUT2D eigenvalue weighted by Gasteiger charge is 2.12. The van der Waals surface area contributed by atoms with E-state index in [2.05, 4.69) is 0 Å². The van der Waals surface area contributed by atoms with Crippen molar-refractivity contribution in [3.63, 3.8) is 0 Å². The molecule has 1 aromatic heterocycles. The van der Waals surface area contributed by atoms with Gasteiger partial charge < -0.3 is 4.74 Å². The van der Waals surface area contributed by atoms with Crippen molar-refractivity contribution in [2.45, 2.75) is 0 Å². The first-order valence-corrected chi connectivity index (χ1v) is 5.70. The van der Waals surface area contributed by atoms with Crippen LogP contribution in [0.5, 0.6) is 5.75 Å². The third-order valence-electron chi connectivity index (χ3n) is 2.07. The molecule has 5 heteroatoms. The van der Waals surface area contributed by atoms with E-state index in [4.69, 9.17) is 4.74 Å². The lowest BCUT2D eigenvalue weighted by Gasteiger charge is -2.05. The number of thiophene rings is 1. The molecule has 0 saturated heterocycles. The number of hydrogen-bond acceptors (Lipinski definition) is 3. The Kier molecular flexibility index (Phi) is 3.49. The average Bonchev–Trinajstić information content (AvgIpc) is 2.84. The van der Waals surface area contributed by atoms with Crippen molar-refractivity contribution in [3.8, 4) is 5.75 Å². The summed E-state index contributed by atoms with van der Waals surface area (Å²) in [5.41, 5.74) is 0. The van der Waals surface area contributed by atoms with Gasteiger partial charge in [-0.15, -0.1) is 11.3 Å². The minimum absolute atomic E-state index is 0.255. The quantitative estimate of drug-likeness (QED) is 0.782. The Morgan fingerprint density at radius 1 is 1.24 bits per heavy atom. The lowest BCUT2D eigenvalue weighted by molar-refractivity contribution is 0.0922. The van der Waals surface area contributed by atoms with Gasteiger partial charge in [-0.05, 0) is 23.6 Å². The fourth-order valence-electron chi connectivity index (χ4n) is 1.25. The van der Waals surface area contributed by atoms with Gasteiger partial charge in [-0.1, -0.05) is 12.1 Å². The highest BCUT2D eigenvalue weighted by Crippen LogP contribution is 2.19. The van der Waals surface area contributed by atoms with Gasteiger partial charge in [0.05, 0.1) is 4.88 Å². The van der Waals surface area contributed by atoms with E-state index in [0.717, 1.165) is 6.07 Å². The monoisotopic (exact) mass is 254 g/mol. The summed E-state index contributed by atoms with van der Waals surface area (Å²) in [5, 5.41) is 1.76. The molecule has 2 nitrogen and oxygen atoms in total. The number of Topliss-reactive ketones (excluding diaryl/α,β-unsaturated/α-hetero) is 1. The van der Waals surface area contributed by atoms with Crippen molar-refractivity contribution < 1.29 is 18.3 Å². The molecular weight excluding hydrogens is 246 g/mol. The van der Waals surface area contributed by atoms with Crippen LogP contribution >= 0.6 is 11.3 Å². The van der Waals surface area contributed by atoms with Gasteiger partial charge in [0.25, 0.3) is 0 Å². The number of ketones is 1. The Morgan fingerprint density at radius 2 is 2.06 bits per heavy atom. The van der Waals surface area contributed by atoms with Gasteiger partial charge in [0.1, 0.15) is 0 Å². The Labute approximate surface area is 100 Å². The Morgan fingerprint density at radius 3 is 2.76 bits per heavy atom. The number of carbonyl (C=O) groups is 1. The number of hydrogen-bond donors (Lipinski definition) is 0. The summed E-state index contributed by atoms with van der Waals surface area (Å²) in [6, 6.07) is 6.98. The molecule has 0 bridgehead atoms. The normalized spacial score (nSPS) is 10.2. The van der Waals surface area contributed by atoms with E-state index in [1.807, 2.05) is 0 Å². The number of ether oxygens (including phenoxy) is 1. The smallest absolute Gasteiger partial charge is 0.210 e. The molecule has 0 spiro atoms. The summed E-state index contributed by atoms with van der Waals surface area (Å²) in [5.74, 6) is -2.59. The van der Waals surface area contributed by atoms with Crippen LogP contribution in [0, 0.1) is 11.6 Å². The van der Waals surface area contributed by atoms with Crippen LogP contribution in [0.3, 0.4) is 0 Å². The van der Waals surface area contributed by atoms with Gasteiger partial charge in [-0.3, -0.25) is 4.79 Å². The van der Waals surface area contributed by atoms with E-state index < -0.39 is 11.6 Å².